The first-order valence-corrected chi connectivity index (χ1v) is 6.24. The third-order valence-electron chi connectivity index (χ3n) is 2.50. The number of hydrogen-bond acceptors (Lipinski definition) is 4. The van der Waals surface area contributed by atoms with Gasteiger partial charge in [0.15, 0.2) is 0 Å². The third kappa shape index (κ3) is 2.68. The standard InChI is InChI=1S/C13H13NO3S/c1-8-13(18-11(14-8)7-12(15)16)9-3-5-10(17-2)6-4-9/h3-6H,7H2,1-2H3,(H,15,16). The summed E-state index contributed by atoms with van der Waals surface area (Å²) < 4.78 is 5.10. The maximum atomic E-state index is 10.7. The predicted octanol–water partition coefficient (Wildman–Crippen LogP) is 2.75. The first-order chi connectivity index (χ1) is 8.60. The fourth-order valence-corrected chi connectivity index (χ4v) is 2.73. The number of nitrogens with zero attached hydrogens (tertiary/aromatic N) is 1. The van der Waals surface area contributed by atoms with Crippen molar-refractivity contribution in [2.45, 2.75) is 13.3 Å². The molecule has 1 aromatic carbocycles. The van der Waals surface area contributed by atoms with Gasteiger partial charge in [-0.05, 0) is 36.8 Å². The Morgan fingerprint density at radius 1 is 1.39 bits per heavy atom. The van der Waals surface area contributed by atoms with E-state index >= 15 is 0 Å². The second-order valence-corrected chi connectivity index (χ2v) is 4.90. The number of benzene rings is 1. The molecule has 0 aliphatic carbocycles. The van der Waals surface area contributed by atoms with Crippen molar-refractivity contribution in [3.05, 3.63) is 35.0 Å². The predicted molar refractivity (Wildman–Crippen MR) is 70.2 cm³/mol. The Balaban J connectivity index is 2.31. The molecule has 4 nitrogen and oxygen atoms in total. The Kier molecular flexibility index (Phi) is 3.62. The third-order valence-corrected chi connectivity index (χ3v) is 3.70. The van der Waals surface area contributed by atoms with Gasteiger partial charge in [0.25, 0.3) is 0 Å². The molecule has 18 heavy (non-hydrogen) atoms. The van der Waals surface area contributed by atoms with Crippen molar-refractivity contribution < 1.29 is 14.6 Å². The van der Waals surface area contributed by atoms with Crippen LogP contribution in [-0.4, -0.2) is 23.2 Å². The molecule has 1 N–H and O–H groups in total. The average Bonchev–Trinajstić information content (AvgIpc) is 2.69. The number of ether oxygens (including phenoxy) is 1. The minimum Gasteiger partial charge on any atom is -0.497 e. The van der Waals surface area contributed by atoms with E-state index in [2.05, 4.69) is 4.98 Å². The molecular formula is C13H13NO3S. The molecular weight excluding hydrogens is 250 g/mol. The van der Waals surface area contributed by atoms with Crippen molar-refractivity contribution >= 4 is 17.3 Å². The lowest BCUT2D eigenvalue weighted by atomic mass is 10.1. The molecule has 0 spiro atoms. The molecule has 0 radical (unpaired) electrons. The van der Waals surface area contributed by atoms with Crippen LogP contribution in [0.4, 0.5) is 0 Å². The van der Waals surface area contributed by atoms with E-state index in [1.54, 1.807) is 7.11 Å². The normalized spacial score (nSPS) is 10.3. The highest BCUT2D eigenvalue weighted by Gasteiger charge is 2.12. The van der Waals surface area contributed by atoms with Crippen LogP contribution in [0.5, 0.6) is 5.75 Å². The Morgan fingerprint density at radius 3 is 2.61 bits per heavy atom. The lowest BCUT2D eigenvalue weighted by Crippen LogP contribution is -1.98. The number of aryl methyl sites for hydroxylation is 1. The minimum atomic E-state index is -0.856. The number of methoxy groups -OCH3 is 1. The SMILES string of the molecule is COc1ccc(-c2sc(CC(=O)O)nc2C)cc1. The van der Waals surface area contributed by atoms with E-state index in [4.69, 9.17) is 9.84 Å². The molecule has 0 aliphatic rings. The molecule has 0 bridgehead atoms. The smallest absolute Gasteiger partial charge is 0.310 e. The summed E-state index contributed by atoms with van der Waals surface area (Å²) in [4.78, 5) is 15.9. The summed E-state index contributed by atoms with van der Waals surface area (Å²) in [5, 5.41) is 9.39. The fraction of sp³-hybridized carbons (Fsp3) is 0.231. The number of carbonyl (C=O) groups is 1. The van der Waals surface area contributed by atoms with E-state index in [1.165, 1.54) is 11.3 Å². The van der Waals surface area contributed by atoms with Crippen LogP contribution in [0.25, 0.3) is 10.4 Å². The summed E-state index contributed by atoms with van der Waals surface area (Å²) in [7, 11) is 1.62. The van der Waals surface area contributed by atoms with Crippen LogP contribution in [0.15, 0.2) is 24.3 Å². The van der Waals surface area contributed by atoms with Crippen LogP contribution < -0.4 is 4.74 Å². The van der Waals surface area contributed by atoms with E-state index < -0.39 is 5.97 Å². The van der Waals surface area contributed by atoms with E-state index in [0.29, 0.717) is 5.01 Å². The quantitative estimate of drug-likeness (QED) is 0.921. The minimum absolute atomic E-state index is 0.0261. The van der Waals surface area contributed by atoms with Gasteiger partial charge >= 0.3 is 5.97 Å². The molecule has 2 rings (SSSR count). The van der Waals surface area contributed by atoms with Crippen LogP contribution in [0.3, 0.4) is 0 Å². The molecule has 0 saturated carbocycles. The zero-order valence-corrected chi connectivity index (χ0v) is 11.0. The first kappa shape index (κ1) is 12.6. The van der Waals surface area contributed by atoms with Gasteiger partial charge in [-0.3, -0.25) is 4.79 Å². The maximum Gasteiger partial charge on any atom is 0.310 e. The molecule has 0 atom stereocenters. The van der Waals surface area contributed by atoms with Gasteiger partial charge in [0.1, 0.15) is 10.8 Å². The largest absolute Gasteiger partial charge is 0.497 e. The molecule has 1 aromatic heterocycles. The maximum absolute atomic E-state index is 10.7. The van der Waals surface area contributed by atoms with Crippen molar-refractivity contribution in [2.24, 2.45) is 0 Å². The van der Waals surface area contributed by atoms with Crippen LogP contribution in [-0.2, 0) is 11.2 Å². The molecule has 1 heterocycles. The number of carboxylic acid groups (broad SMARTS) is 1. The van der Waals surface area contributed by atoms with Crippen molar-refractivity contribution in [2.75, 3.05) is 7.11 Å². The fourth-order valence-electron chi connectivity index (χ4n) is 1.67. The molecule has 0 amide bonds. The van der Waals surface area contributed by atoms with E-state index in [9.17, 15) is 4.79 Å². The van der Waals surface area contributed by atoms with Gasteiger partial charge in [-0.15, -0.1) is 11.3 Å². The lowest BCUT2D eigenvalue weighted by Gasteiger charge is -2.01. The molecule has 0 unspecified atom stereocenters. The Hall–Kier alpha value is -1.88. The first-order valence-electron chi connectivity index (χ1n) is 5.42. The number of thiazole rings is 1. The molecule has 0 saturated heterocycles. The van der Waals surface area contributed by atoms with Gasteiger partial charge in [-0.25, -0.2) is 4.98 Å². The highest BCUT2D eigenvalue weighted by atomic mass is 32.1. The summed E-state index contributed by atoms with van der Waals surface area (Å²) in [6, 6.07) is 7.66. The van der Waals surface area contributed by atoms with Crippen molar-refractivity contribution in [1.29, 1.82) is 0 Å². The second-order valence-electron chi connectivity index (χ2n) is 3.82. The van der Waals surface area contributed by atoms with Crippen molar-refractivity contribution in [3.8, 4) is 16.2 Å². The van der Waals surface area contributed by atoms with Crippen LogP contribution in [0.1, 0.15) is 10.7 Å². The van der Waals surface area contributed by atoms with E-state index in [1.807, 2.05) is 31.2 Å². The number of hydrogen-bond donors (Lipinski definition) is 1. The number of rotatable bonds is 4. The van der Waals surface area contributed by atoms with Gasteiger partial charge in [-0.2, -0.15) is 0 Å². The highest BCUT2D eigenvalue weighted by molar-refractivity contribution is 7.15. The average molecular weight is 263 g/mol. The number of aliphatic carboxylic acids is 1. The van der Waals surface area contributed by atoms with E-state index in [-0.39, 0.29) is 6.42 Å². The molecule has 5 heteroatoms. The van der Waals surface area contributed by atoms with Crippen molar-refractivity contribution in [3.63, 3.8) is 0 Å². The van der Waals surface area contributed by atoms with Gasteiger partial charge < -0.3 is 9.84 Å². The summed E-state index contributed by atoms with van der Waals surface area (Å²) in [6.07, 6.45) is -0.0261. The zero-order valence-electron chi connectivity index (χ0n) is 10.1. The lowest BCUT2D eigenvalue weighted by molar-refractivity contribution is -0.136. The van der Waals surface area contributed by atoms with Gasteiger partial charge in [0.2, 0.25) is 0 Å². The Morgan fingerprint density at radius 2 is 2.06 bits per heavy atom. The van der Waals surface area contributed by atoms with Gasteiger partial charge in [-0.1, -0.05) is 0 Å². The Bertz CT molecular complexity index is 560. The van der Waals surface area contributed by atoms with Crippen LogP contribution >= 0.6 is 11.3 Å². The molecule has 0 fully saturated rings. The molecule has 2 aromatic rings. The van der Waals surface area contributed by atoms with Crippen molar-refractivity contribution in [1.82, 2.24) is 4.98 Å². The number of carboxylic acids is 1. The summed E-state index contributed by atoms with van der Waals surface area (Å²) in [5.74, 6) is -0.0586. The molecule has 94 valence electrons. The summed E-state index contributed by atoms with van der Waals surface area (Å²) >= 11 is 1.42. The van der Waals surface area contributed by atoms with Crippen LogP contribution in [0.2, 0.25) is 0 Å². The highest BCUT2D eigenvalue weighted by Crippen LogP contribution is 2.31. The Labute approximate surface area is 109 Å². The number of aromatic nitrogens is 1. The monoisotopic (exact) mass is 263 g/mol. The van der Waals surface area contributed by atoms with Gasteiger partial charge in [0, 0.05) is 0 Å². The molecule has 0 aliphatic heterocycles. The topological polar surface area (TPSA) is 59.4 Å². The summed E-state index contributed by atoms with van der Waals surface area (Å²) in [6.45, 7) is 1.89. The second kappa shape index (κ2) is 5.18. The van der Waals surface area contributed by atoms with E-state index in [0.717, 1.165) is 21.9 Å². The zero-order chi connectivity index (χ0) is 13.1. The van der Waals surface area contributed by atoms with Gasteiger partial charge in [0.05, 0.1) is 24.1 Å². The van der Waals surface area contributed by atoms with Crippen LogP contribution in [0, 0.1) is 6.92 Å². The summed E-state index contributed by atoms with van der Waals surface area (Å²) in [5.41, 5.74) is 1.89.